The number of halogens is 4. The molecule has 0 N–H and O–H groups in total. The normalized spacial score (nSPS) is 16.9. The minimum Gasteiger partial charge on any atom is -0.309 e. The molecule has 1 unspecified atom stereocenters. The third-order valence-corrected chi connectivity index (χ3v) is 6.28. The fourth-order valence-electron chi connectivity index (χ4n) is 4.07. The van der Waals surface area contributed by atoms with E-state index in [0.29, 0.717) is 47.1 Å². The highest BCUT2D eigenvalue weighted by Gasteiger charge is 2.30. The molecule has 1 saturated heterocycles. The van der Waals surface area contributed by atoms with Gasteiger partial charge in [0.1, 0.15) is 11.6 Å². The van der Waals surface area contributed by atoms with Gasteiger partial charge in [0, 0.05) is 19.0 Å². The molecule has 1 aliphatic heterocycles. The number of carbonyl (C=O) groups excluding carboxylic acids is 1. The van der Waals surface area contributed by atoms with Crippen molar-refractivity contribution in [2.24, 2.45) is 5.92 Å². The predicted molar refractivity (Wildman–Crippen MR) is 123 cm³/mol. The van der Waals surface area contributed by atoms with Crippen LogP contribution in [0.15, 0.2) is 30.3 Å². The first-order valence-electron chi connectivity index (χ1n) is 10.6. The minimum atomic E-state index is -0.595. The number of unbranched alkanes of at least 4 members (excludes halogenated alkanes) is 1. The minimum absolute atomic E-state index is 0.0375. The van der Waals surface area contributed by atoms with Gasteiger partial charge in [-0.25, -0.2) is 8.78 Å². The summed E-state index contributed by atoms with van der Waals surface area (Å²) in [5.74, 6) is -1.16. The number of nitrogens with zero attached hydrogens (tertiary/aromatic N) is 2. The summed E-state index contributed by atoms with van der Waals surface area (Å²) in [7, 11) is 4.10. The highest BCUT2D eigenvalue weighted by Crippen LogP contribution is 2.38. The standard InChI is InChI=1S/C24H28Cl2F2N2O/c1-29(2)10-4-3-5-16-12-20(25)24(21(26)13-16)30-15-17(6-9-23(30)31)11-18-7-8-19(27)14-22(18)28/h7-8,12-14,17H,3-6,9-11,15H2,1-2H3. The van der Waals surface area contributed by atoms with Crippen molar-refractivity contribution in [2.75, 3.05) is 32.1 Å². The average molecular weight is 469 g/mol. The summed E-state index contributed by atoms with van der Waals surface area (Å²) in [5, 5.41) is 0.911. The Labute approximate surface area is 192 Å². The van der Waals surface area contributed by atoms with Crippen molar-refractivity contribution in [3.05, 3.63) is 63.1 Å². The Morgan fingerprint density at radius 3 is 2.45 bits per heavy atom. The zero-order chi connectivity index (χ0) is 22.5. The Balaban J connectivity index is 1.71. The van der Waals surface area contributed by atoms with Crippen LogP contribution in [0.2, 0.25) is 10.0 Å². The van der Waals surface area contributed by atoms with E-state index in [1.165, 1.54) is 12.1 Å². The van der Waals surface area contributed by atoms with Crippen molar-refractivity contribution in [2.45, 2.75) is 38.5 Å². The lowest BCUT2D eigenvalue weighted by Crippen LogP contribution is -2.41. The molecule has 2 aromatic rings. The molecular weight excluding hydrogens is 441 g/mol. The number of amides is 1. The van der Waals surface area contributed by atoms with E-state index in [0.717, 1.165) is 37.4 Å². The number of hydrogen-bond donors (Lipinski definition) is 0. The van der Waals surface area contributed by atoms with Crippen LogP contribution in [0.25, 0.3) is 0 Å². The number of carbonyl (C=O) groups is 1. The fraction of sp³-hybridized carbons (Fsp3) is 0.458. The molecular formula is C24H28Cl2F2N2O. The molecule has 0 aromatic heterocycles. The summed E-state index contributed by atoms with van der Waals surface area (Å²) >= 11 is 13.1. The molecule has 0 saturated carbocycles. The Morgan fingerprint density at radius 2 is 1.81 bits per heavy atom. The molecule has 0 radical (unpaired) electrons. The first kappa shape index (κ1) is 24.0. The van der Waals surface area contributed by atoms with Crippen molar-refractivity contribution < 1.29 is 13.6 Å². The summed E-state index contributed by atoms with van der Waals surface area (Å²) in [6.07, 6.45) is 4.38. The van der Waals surface area contributed by atoms with Gasteiger partial charge in [0.2, 0.25) is 5.91 Å². The maximum Gasteiger partial charge on any atom is 0.227 e. The second-order valence-electron chi connectivity index (χ2n) is 8.52. The molecule has 7 heteroatoms. The van der Waals surface area contributed by atoms with E-state index in [4.69, 9.17) is 23.2 Å². The summed E-state index contributed by atoms with van der Waals surface area (Å²) in [4.78, 5) is 16.4. The predicted octanol–water partition coefficient (Wildman–Crippen LogP) is 6.14. The van der Waals surface area contributed by atoms with E-state index in [1.54, 1.807) is 4.90 Å². The molecule has 31 heavy (non-hydrogen) atoms. The molecule has 3 rings (SSSR count). The lowest BCUT2D eigenvalue weighted by molar-refractivity contribution is -0.120. The summed E-state index contributed by atoms with van der Waals surface area (Å²) < 4.78 is 27.3. The van der Waals surface area contributed by atoms with Gasteiger partial charge in [0.05, 0.1) is 15.7 Å². The van der Waals surface area contributed by atoms with E-state index in [9.17, 15) is 13.6 Å². The van der Waals surface area contributed by atoms with Gasteiger partial charge in [-0.15, -0.1) is 0 Å². The molecule has 0 spiro atoms. The topological polar surface area (TPSA) is 23.6 Å². The fourth-order valence-corrected chi connectivity index (χ4v) is 4.81. The Hall–Kier alpha value is -1.69. The molecule has 168 valence electrons. The van der Waals surface area contributed by atoms with Gasteiger partial charge in [-0.3, -0.25) is 4.79 Å². The van der Waals surface area contributed by atoms with Crippen LogP contribution in [0.1, 0.15) is 36.8 Å². The second kappa shape index (κ2) is 10.8. The van der Waals surface area contributed by atoms with Gasteiger partial charge in [-0.05, 0) is 88.0 Å². The van der Waals surface area contributed by atoms with Crippen LogP contribution in [-0.2, 0) is 17.6 Å². The number of anilines is 1. The quantitative estimate of drug-likeness (QED) is 0.434. The molecule has 0 bridgehead atoms. The third-order valence-electron chi connectivity index (χ3n) is 5.70. The number of rotatable bonds is 8. The summed E-state index contributed by atoms with van der Waals surface area (Å²) in [6.45, 7) is 1.43. The van der Waals surface area contributed by atoms with Gasteiger partial charge in [0.15, 0.2) is 0 Å². The summed E-state index contributed by atoms with van der Waals surface area (Å²) in [5.41, 5.74) is 2.02. The number of piperidine rings is 1. The molecule has 1 fully saturated rings. The van der Waals surface area contributed by atoms with Crippen LogP contribution in [0, 0.1) is 17.6 Å². The largest absolute Gasteiger partial charge is 0.309 e. The monoisotopic (exact) mass is 468 g/mol. The van der Waals surface area contributed by atoms with Gasteiger partial charge >= 0.3 is 0 Å². The molecule has 1 aliphatic rings. The zero-order valence-electron chi connectivity index (χ0n) is 17.9. The SMILES string of the molecule is CN(C)CCCCc1cc(Cl)c(N2CC(Cc3ccc(F)cc3F)CCC2=O)c(Cl)c1. The van der Waals surface area contributed by atoms with E-state index in [1.807, 2.05) is 12.1 Å². The van der Waals surface area contributed by atoms with Crippen molar-refractivity contribution in [3.8, 4) is 0 Å². The highest BCUT2D eigenvalue weighted by atomic mass is 35.5. The molecule has 1 atom stereocenters. The smallest absolute Gasteiger partial charge is 0.227 e. The molecule has 0 aliphatic carbocycles. The first-order chi connectivity index (χ1) is 14.7. The first-order valence-corrected chi connectivity index (χ1v) is 11.4. The van der Waals surface area contributed by atoms with Gasteiger partial charge in [-0.2, -0.15) is 0 Å². The number of benzene rings is 2. The van der Waals surface area contributed by atoms with Crippen molar-refractivity contribution in [1.82, 2.24) is 4.90 Å². The maximum absolute atomic E-state index is 14.1. The van der Waals surface area contributed by atoms with Crippen LogP contribution < -0.4 is 4.90 Å². The molecule has 2 aromatic carbocycles. The van der Waals surface area contributed by atoms with Gasteiger partial charge < -0.3 is 9.80 Å². The molecule has 3 nitrogen and oxygen atoms in total. The Kier molecular flexibility index (Phi) is 8.31. The van der Waals surface area contributed by atoms with Crippen LogP contribution in [0.3, 0.4) is 0 Å². The van der Waals surface area contributed by atoms with Crippen molar-refractivity contribution >= 4 is 34.8 Å². The van der Waals surface area contributed by atoms with E-state index in [2.05, 4.69) is 19.0 Å². The van der Waals surface area contributed by atoms with Crippen LogP contribution in [0.4, 0.5) is 14.5 Å². The van der Waals surface area contributed by atoms with E-state index >= 15 is 0 Å². The number of aryl methyl sites for hydroxylation is 1. The van der Waals surface area contributed by atoms with Crippen LogP contribution >= 0.6 is 23.2 Å². The number of hydrogen-bond acceptors (Lipinski definition) is 2. The van der Waals surface area contributed by atoms with Crippen LogP contribution in [-0.4, -0.2) is 38.0 Å². The Morgan fingerprint density at radius 1 is 1.10 bits per heavy atom. The average Bonchev–Trinajstić information content (AvgIpc) is 2.69. The van der Waals surface area contributed by atoms with Crippen molar-refractivity contribution in [3.63, 3.8) is 0 Å². The zero-order valence-corrected chi connectivity index (χ0v) is 19.4. The van der Waals surface area contributed by atoms with Gasteiger partial charge in [-0.1, -0.05) is 29.3 Å². The van der Waals surface area contributed by atoms with Crippen molar-refractivity contribution in [1.29, 1.82) is 0 Å². The lowest BCUT2D eigenvalue weighted by Gasteiger charge is -2.34. The Bertz CT molecular complexity index is 913. The van der Waals surface area contributed by atoms with Crippen LogP contribution in [0.5, 0.6) is 0 Å². The second-order valence-corrected chi connectivity index (χ2v) is 9.33. The lowest BCUT2D eigenvalue weighted by atomic mass is 9.90. The molecule has 1 amide bonds. The van der Waals surface area contributed by atoms with E-state index < -0.39 is 11.6 Å². The molecule has 1 heterocycles. The summed E-state index contributed by atoms with van der Waals surface area (Å²) in [6, 6.07) is 7.39. The van der Waals surface area contributed by atoms with E-state index in [-0.39, 0.29) is 11.8 Å². The highest BCUT2D eigenvalue weighted by molar-refractivity contribution is 6.40. The van der Waals surface area contributed by atoms with Gasteiger partial charge in [0.25, 0.3) is 0 Å². The third kappa shape index (κ3) is 6.41. The maximum atomic E-state index is 14.1.